The maximum atomic E-state index is 11.0. The molecule has 9 nitrogen and oxygen atoms in total. The molecular formula is C26H44O9. The summed E-state index contributed by atoms with van der Waals surface area (Å²) < 4.78 is 11.6. The van der Waals surface area contributed by atoms with Gasteiger partial charge in [0.15, 0.2) is 6.29 Å². The van der Waals surface area contributed by atoms with E-state index in [1.165, 1.54) is 5.57 Å². The number of allylic oxidation sites excluding steroid dienone is 1. The molecule has 35 heavy (non-hydrogen) atoms. The van der Waals surface area contributed by atoms with Crippen LogP contribution in [0.25, 0.3) is 0 Å². The van der Waals surface area contributed by atoms with Crippen LogP contribution >= 0.6 is 0 Å². The molecule has 0 aromatic carbocycles. The van der Waals surface area contributed by atoms with Gasteiger partial charge in [-0.1, -0.05) is 32.4 Å². The smallest absolute Gasteiger partial charge is 0.186 e. The lowest BCUT2D eigenvalue weighted by atomic mass is 9.44. The molecule has 4 rings (SSSR count). The van der Waals surface area contributed by atoms with Gasteiger partial charge in [-0.05, 0) is 61.2 Å². The van der Waals surface area contributed by atoms with Gasteiger partial charge in [0, 0.05) is 5.41 Å². The van der Waals surface area contributed by atoms with Gasteiger partial charge < -0.3 is 45.2 Å². The van der Waals surface area contributed by atoms with Crippen molar-refractivity contribution in [1.82, 2.24) is 0 Å². The van der Waals surface area contributed by atoms with Gasteiger partial charge in [-0.15, -0.1) is 0 Å². The van der Waals surface area contributed by atoms with E-state index in [-0.39, 0.29) is 30.5 Å². The Labute approximate surface area is 207 Å². The third-order valence-electron chi connectivity index (χ3n) is 9.83. The molecule has 0 bridgehead atoms. The van der Waals surface area contributed by atoms with Crippen molar-refractivity contribution < 1.29 is 45.2 Å². The molecule has 0 unspecified atom stereocenters. The summed E-state index contributed by atoms with van der Waals surface area (Å²) in [6, 6.07) is 0. The summed E-state index contributed by atoms with van der Waals surface area (Å²) in [5.41, 5.74) is 0.256. The van der Waals surface area contributed by atoms with Crippen LogP contribution in [0.2, 0.25) is 0 Å². The van der Waals surface area contributed by atoms with E-state index < -0.39 is 60.4 Å². The molecule has 1 aliphatic heterocycles. The van der Waals surface area contributed by atoms with Gasteiger partial charge in [0.05, 0.1) is 32.0 Å². The van der Waals surface area contributed by atoms with Crippen LogP contribution in [0.3, 0.4) is 0 Å². The quantitative estimate of drug-likeness (QED) is 0.251. The van der Waals surface area contributed by atoms with E-state index in [9.17, 15) is 35.7 Å². The SMILES string of the molecule is C[C@@]1(CO[C@H]2O[C@H](CO)[C@@H](O)[C@H](O)[C@H]2O)C[C@H](O)C[C@]2(C)[C@@H]1CCC1=C[C@@](C)([C@@H](O)CO)CC[C@@H]12. The molecule has 0 spiro atoms. The van der Waals surface area contributed by atoms with E-state index >= 15 is 0 Å². The van der Waals surface area contributed by atoms with Crippen LogP contribution in [0.4, 0.5) is 0 Å². The number of hydrogen-bond acceptors (Lipinski definition) is 9. The van der Waals surface area contributed by atoms with Crippen LogP contribution in [0, 0.1) is 28.1 Å². The number of ether oxygens (including phenoxy) is 2. The highest BCUT2D eigenvalue weighted by atomic mass is 16.7. The van der Waals surface area contributed by atoms with Gasteiger partial charge in [0.1, 0.15) is 24.4 Å². The fourth-order valence-electron chi connectivity index (χ4n) is 7.92. The second-order valence-electron chi connectivity index (χ2n) is 12.3. The normalized spacial score (nSPS) is 51.2. The van der Waals surface area contributed by atoms with E-state index in [0.717, 1.165) is 25.7 Å². The van der Waals surface area contributed by atoms with E-state index in [1.54, 1.807) is 0 Å². The highest BCUT2D eigenvalue weighted by Crippen LogP contribution is 2.64. The molecule has 12 atom stereocenters. The zero-order valence-corrected chi connectivity index (χ0v) is 21.1. The molecule has 4 aliphatic rings. The van der Waals surface area contributed by atoms with Gasteiger partial charge in [0.25, 0.3) is 0 Å². The zero-order valence-electron chi connectivity index (χ0n) is 21.1. The van der Waals surface area contributed by atoms with E-state index in [1.807, 2.05) is 6.92 Å². The van der Waals surface area contributed by atoms with Crippen LogP contribution in [0.5, 0.6) is 0 Å². The first kappa shape index (κ1) is 27.4. The maximum Gasteiger partial charge on any atom is 0.186 e. The van der Waals surface area contributed by atoms with Gasteiger partial charge in [0.2, 0.25) is 0 Å². The van der Waals surface area contributed by atoms with Crippen molar-refractivity contribution in [2.75, 3.05) is 19.8 Å². The summed E-state index contributed by atoms with van der Waals surface area (Å²) in [6.45, 7) is 5.76. The number of fused-ring (bicyclic) bond motifs is 3. The fourth-order valence-corrected chi connectivity index (χ4v) is 7.92. The highest BCUT2D eigenvalue weighted by Gasteiger charge is 2.58. The Balaban J connectivity index is 1.54. The van der Waals surface area contributed by atoms with Crippen LogP contribution in [-0.4, -0.2) is 98.5 Å². The maximum absolute atomic E-state index is 11.0. The zero-order chi connectivity index (χ0) is 25.8. The summed E-state index contributed by atoms with van der Waals surface area (Å²) >= 11 is 0. The minimum Gasteiger partial charge on any atom is -0.394 e. The van der Waals surface area contributed by atoms with Crippen molar-refractivity contribution in [3.05, 3.63) is 11.6 Å². The summed E-state index contributed by atoms with van der Waals surface area (Å²) in [6.07, 6.45) is -1.11. The first-order chi connectivity index (χ1) is 16.4. The van der Waals surface area contributed by atoms with E-state index in [0.29, 0.717) is 12.8 Å². The van der Waals surface area contributed by atoms with Crippen molar-refractivity contribution >= 4 is 0 Å². The molecule has 7 N–H and O–H groups in total. The standard InChI is InChI=1S/C26H44O9/c1-24(19(30)12-28)7-6-16-14(8-24)4-5-18-25(2,9-15(29)10-26(16,18)3)13-34-23-22(33)21(32)20(31)17(11-27)35-23/h8,15-23,27-33H,4-7,9-13H2,1-3H3/t15-,16-,17+,18+,19-,20+,21-,22+,23-,24-,25-,26-/m0/s1. The Kier molecular flexibility index (Phi) is 7.77. The molecule has 0 aromatic heterocycles. The molecule has 9 heteroatoms. The molecular weight excluding hydrogens is 456 g/mol. The topological polar surface area (TPSA) is 160 Å². The minimum atomic E-state index is -1.49. The fraction of sp³-hybridized carbons (Fsp3) is 0.923. The molecule has 1 heterocycles. The van der Waals surface area contributed by atoms with Gasteiger partial charge >= 0.3 is 0 Å². The Morgan fingerprint density at radius 1 is 1.03 bits per heavy atom. The highest BCUT2D eigenvalue weighted by molar-refractivity contribution is 5.25. The third kappa shape index (κ3) is 4.73. The largest absolute Gasteiger partial charge is 0.394 e. The van der Waals surface area contributed by atoms with Crippen molar-refractivity contribution in [3.63, 3.8) is 0 Å². The monoisotopic (exact) mass is 500 g/mol. The molecule has 2 saturated carbocycles. The Bertz CT molecular complexity index is 789. The van der Waals surface area contributed by atoms with E-state index in [4.69, 9.17) is 9.47 Å². The van der Waals surface area contributed by atoms with Crippen molar-refractivity contribution in [2.24, 2.45) is 28.1 Å². The van der Waals surface area contributed by atoms with Crippen LogP contribution in [0.15, 0.2) is 11.6 Å². The molecule has 3 fully saturated rings. The van der Waals surface area contributed by atoms with Crippen LogP contribution in [0.1, 0.15) is 59.3 Å². The molecule has 1 saturated heterocycles. The Morgan fingerprint density at radius 2 is 1.74 bits per heavy atom. The molecule has 3 aliphatic carbocycles. The Morgan fingerprint density at radius 3 is 2.40 bits per heavy atom. The average molecular weight is 501 g/mol. The van der Waals surface area contributed by atoms with Gasteiger partial charge in [-0.3, -0.25) is 0 Å². The minimum absolute atomic E-state index is 0.180. The number of aliphatic hydroxyl groups is 7. The first-order valence-electron chi connectivity index (χ1n) is 13.0. The van der Waals surface area contributed by atoms with Crippen LogP contribution in [-0.2, 0) is 9.47 Å². The number of rotatable bonds is 6. The predicted molar refractivity (Wildman–Crippen MR) is 126 cm³/mol. The van der Waals surface area contributed by atoms with Crippen molar-refractivity contribution in [3.8, 4) is 0 Å². The van der Waals surface area contributed by atoms with Gasteiger partial charge in [-0.25, -0.2) is 0 Å². The summed E-state index contributed by atoms with van der Waals surface area (Å²) in [7, 11) is 0. The predicted octanol–water partition coefficient (Wildman–Crippen LogP) is 0.0761. The van der Waals surface area contributed by atoms with Crippen molar-refractivity contribution in [1.29, 1.82) is 0 Å². The van der Waals surface area contributed by atoms with Gasteiger partial charge in [-0.2, -0.15) is 0 Å². The molecule has 0 radical (unpaired) electrons. The summed E-state index contributed by atoms with van der Waals surface area (Å²) in [5, 5.41) is 71.0. The van der Waals surface area contributed by atoms with Crippen molar-refractivity contribution in [2.45, 2.75) is 102 Å². The van der Waals surface area contributed by atoms with Crippen LogP contribution < -0.4 is 0 Å². The third-order valence-corrected chi connectivity index (χ3v) is 9.83. The lowest BCUT2D eigenvalue weighted by Crippen LogP contribution is -2.60. The number of hydrogen-bond donors (Lipinski definition) is 7. The molecule has 0 aromatic rings. The van der Waals surface area contributed by atoms with E-state index in [2.05, 4.69) is 19.9 Å². The number of aliphatic hydroxyl groups excluding tert-OH is 7. The molecule has 0 amide bonds. The lowest BCUT2D eigenvalue weighted by molar-refractivity contribution is -0.310. The first-order valence-corrected chi connectivity index (χ1v) is 13.0. The lowest BCUT2D eigenvalue weighted by Gasteiger charge is -2.61. The molecule has 202 valence electrons. The second-order valence-corrected chi connectivity index (χ2v) is 12.3. The summed E-state index contributed by atoms with van der Waals surface area (Å²) in [5.74, 6) is 0.499. The Hall–Kier alpha value is -0.620. The summed E-state index contributed by atoms with van der Waals surface area (Å²) in [4.78, 5) is 0. The second kappa shape index (κ2) is 9.93. The average Bonchev–Trinajstić information content (AvgIpc) is 2.80.